The van der Waals surface area contributed by atoms with E-state index in [1.807, 2.05) is 45.0 Å². The zero-order valence-corrected chi connectivity index (χ0v) is 17.2. The molecule has 0 aliphatic carbocycles. The predicted octanol–water partition coefficient (Wildman–Crippen LogP) is 3.29. The maximum atomic E-state index is 12.0. The first-order valence-electron chi connectivity index (χ1n) is 9.02. The van der Waals surface area contributed by atoms with Gasteiger partial charge in [-0.05, 0) is 36.5 Å². The summed E-state index contributed by atoms with van der Waals surface area (Å²) in [5.74, 6) is -0.226. The zero-order valence-electron chi connectivity index (χ0n) is 17.2. The molecule has 1 aromatic carbocycles. The molecule has 0 spiro atoms. The smallest absolute Gasteiger partial charge is 0.313 e. The Morgan fingerprint density at radius 1 is 1.07 bits per heavy atom. The zero-order chi connectivity index (χ0) is 20.7. The van der Waals surface area contributed by atoms with Crippen LogP contribution in [0.4, 0.5) is 0 Å². The molecule has 2 unspecified atom stereocenters. The Kier molecular flexibility index (Phi) is 8.44. The van der Waals surface area contributed by atoms with Crippen LogP contribution >= 0.6 is 0 Å². The lowest BCUT2D eigenvalue weighted by Crippen LogP contribution is -2.46. The lowest BCUT2D eigenvalue weighted by molar-refractivity contribution is -0.152. The summed E-state index contributed by atoms with van der Waals surface area (Å²) in [6.07, 6.45) is -1.00. The van der Waals surface area contributed by atoms with E-state index < -0.39 is 17.7 Å². The van der Waals surface area contributed by atoms with Gasteiger partial charge in [-0.1, -0.05) is 32.9 Å². The third kappa shape index (κ3) is 8.10. The largest absolute Gasteiger partial charge is 0.497 e. The van der Waals surface area contributed by atoms with E-state index >= 15 is 0 Å². The molecule has 0 fully saturated rings. The molecule has 1 aromatic rings. The van der Waals surface area contributed by atoms with Crippen LogP contribution < -0.4 is 4.74 Å². The van der Waals surface area contributed by atoms with E-state index in [4.69, 9.17) is 9.47 Å². The topological polar surface area (TPSA) is 82.1 Å². The number of hydrogen-bond acceptors (Lipinski definition) is 6. The van der Waals surface area contributed by atoms with Gasteiger partial charge in [0.2, 0.25) is 0 Å². The van der Waals surface area contributed by atoms with Crippen molar-refractivity contribution in [1.82, 2.24) is 0 Å². The maximum absolute atomic E-state index is 12.0. The number of carbonyl (C=O) groups excluding carboxylic acids is 2. The molecule has 1 N–H and O–H groups in total. The minimum Gasteiger partial charge on any atom is -0.497 e. The molecule has 0 heterocycles. The van der Waals surface area contributed by atoms with Gasteiger partial charge >= 0.3 is 5.97 Å². The van der Waals surface area contributed by atoms with Crippen molar-refractivity contribution in [2.45, 2.75) is 65.3 Å². The summed E-state index contributed by atoms with van der Waals surface area (Å²) in [4.78, 5) is 23.3. The molecular formula is C21H32O6. The fourth-order valence-electron chi connectivity index (χ4n) is 3.02. The van der Waals surface area contributed by atoms with E-state index in [-0.39, 0.29) is 24.0 Å². The van der Waals surface area contributed by atoms with Crippen LogP contribution in [0.5, 0.6) is 5.75 Å². The number of hydrogen-bond donors (Lipinski definition) is 1. The molecular weight excluding hydrogens is 348 g/mol. The summed E-state index contributed by atoms with van der Waals surface area (Å²) in [5, 5.41) is 10.7. The Hall–Kier alpha value is -1.92. The number of carbonyl (C=O) groups is 2. The lowest BCUT2D eigenvalue weighted by atomic mass is 9.78. The summed E-state index contributed by atoms with van der Waals surface area (Å²) in [5.41, 5.74) is -0.130. The fraction of sp³-hybridized carbons (Fsp3) is 0.619. The van der Waals surface area contributed by atoms with Crippen LogP contribution in [0.15, 0.2) is 24.3 Å². The summed E-state index contributed by atoms with van der Waals surface area (Å²) in [7, 11) is 2.83. The monoisotopic (exact) mass is 380 g/mol. The van der Waals surface area contributed by atoms with Gasteiger partial charge in [0, 0.05) is 6.42 Å². The molecule has 152 valence electrons. The summed E-state index contributed by atoms with van der Waals surface area (Å²) >= 11 is 0. The van der Waals surface area contributed by atoms with Crippen molar-refractivity contribution in [2.75, 3.05) is 14.2 Å². The van der Waals surface area contributed by atoms with Crippen molar-refractivity contribution in [3.05, 3.63) is 29.8 Å². The first-order valence-corrected chi connectivity index (χ1v) is 9.02. The maximum Gasteiger partial charge on any atom is 0.313 e. The van der Waals surface area contributed by atoms with Crippen molar-refractivity contribution < 1.29 is 28.9 Å². The second-order valence-electron chi connectivity index (χ2n) is 8.20. The van der Waals surface area contributed by atoms with Gasteiger partial charge in [-0.25, -0.2) is 0 Å². The molecule has 0 amide bonds. The van der Waals surface area contributed by atoms with Crippen LogP contribution in [0.1, 0.15) is 52.5 Å². The Morgan fingerprint density at radius 3 is 2.15 bits per heavy atom. The van der Waals surface area contributed by atoms with Gasteiger partial charge in [-0.3, -0.25) is 9.59 Å². The van der Waals surface area contributed by atoms with E-state index in [0.29, 0.717) is 13.0 Å². The third-order valence-electron chi connectivity index (χ3n) is 4.30. The van der Waals surface area contributed by atoms with Crippen molar-refractivity contribution in [2.24, 2.45) is 5.41 Å². The van der Waals surface area contributed by atoms with Crippen molar-refractivity contribution in [1.29, 1.82) is 0 Å². The molecule has 0 aromatic heterocycles. The van der Waals surface area contributed by atoms with Gasteiger partial charge in [0.05, 0.1) is 32.5 Å². The number of aliphatic hydroxyl groups excluding tert-OH is 1. The molecule has 0 aliphatic heterocycles. The number of ether oxygens (including phenoxy) is 3. The normalized spacial score (nSPS) is 14.9. The number of aliphatic hydroxyl groups is 1. The average Bonchev–Trinajstić information content (AvgIpc) is 2.58. The number of ketones is 1. The molecule has 0 saturated carbocycles. The van der Waals surface area contributed by atoms with Crippen LogP contribution in [0, 0.1) is 5.41 Å². The number of benzene rings is 1. The average molecular weight is 380 g/mol. The van der Waals surface area contributed by atoms with Gasteiger partial charge in [-0.2, -0.15) is 0 Å². The number of methoxy groups -OCH3 is 2. The first-order chi connectivity index (χ1) is 12.5. The molecule has 6 nitrogen and oxygen atoms in total. The van der Waals surface area contributed by atoms with Gasteiger partial charge in [-0.15, -0.1) is 0 Å². The van der Waals surface area contributed by atoms with Crippen LogP contribution in [-0.4, -0.2) is 42.8 Å². The Balaban J connectivity index is 2.85. The van der Waals surface area contributed by atoms with E-state index in [1.165, 1.54) is 7.11 Å². The standard InChI is InChI=1S/C21H32O6/c1-20(2,3)14-21(4,18(23)11-16(22)12-19(24)26-6)27-13-15-7-9-17(25-5)10-8-15/h7-10,18,23H,11-14H2,1-6H3. The van der Waals surface area contributed by atoms with Gasteiger partial charge < -0.3 is 19.3 Å². The van der Waals surface area contributed by atoms with Crippen LogP contribution in [0.25, 0.3) is 0 Å². The fourth-order valence-corrected chi connectivity index (χ4v) is 3.02. The molecule has 1 rings (SSSR count). The summed E-state index contributed by atoms with van der Waals surface area (Å²) < 4.78 is 15.8. The molecule has 6 heteroatoms. The SMILES string of the molecule is COC(=O)CC(=O)CC(O)C(C)(CC(C)(C)C)OCc1ccc(OC)cc1. The number of esters is 1. The van der Waals surface area contributed by atoms with Crippen molar-refractivity contribution in [3.63, 3.8) is 0 Å². The van der Waals surface area contributed by atoms with Crippen molar-refractivity contribution >= 4 is 11.8 Å². The predicted molar refractivity (Wildman–Crippen MR) is 103 cm³/mol. The van der Waals surface area contributed by atoms with Crippen LogP contribution in [-0.2, 0) is 25.7 Å². The van der Waals surface area contributed by atoms with Gasteiger partial charge in [0.1, 0.15) is 18.0 Å². The van der Waals surface area contributed by atoms with E-state index in [0.717, 1.165) is 11.3 Å². The number of rotatable bonds is 10. The second-order valence-corrected chi connectivity index (χ2v) is 8.20. The molecule has 0 bridgehead atoms. The highest BCUT2D eigenvalue weighted by molar-refractivity contribution is 5.95. The Labute approximate surface area is 161 Å². The van der Waals surface area contributed by atoms with Gasteiger partial charge in [0.25, 0.3) is 0 Å². The van der Waals surface area contributed by atoms with Gasteiger partial charge in [0.15, 0.2) is 0 Å². The highest BCUT2D eigenvalue weighted by Gasteiger charge is 2.39. The van der Waals surface area contributed by atoms with E-state index in [2.05, 4.69) is 4.74 Å². The molecule has 0 saturated heterocycles. The van der Waals surface area contributed by atoms with Crippen LogP contribution in [0.3, 0.4) is 0 Å². The minimum atomic E-state index is -1.04. The first kappa shape index (κ1) is 23.1. The summed E-state index contributed by atoms with van der Waals surface area (Å²) in [6.45, 7) is 8.23. The Bertz CT molecular complexity index is 617. The highest BCUT2D eigenvalue weighted by Crippen LogP contribution is 2.34. The van der Waals surface area contributed by atoms with Crippen molar-refractivity contribution in [3.8, 4) is 5.75 Å². The number of Topliss-reactive ketones (excluding diaryl/α,β-unsaturated/α-hetero) is 1. The highest BCUT2D eigenvalue weighted by atomic mass is 16.5. The molecule has 27 heavy (non-hydrogen) atoms. The molecule has 0 aliphatic rings. The van der Waals surface area contributed by atoms with Crippen LogP contribution in [0.2, 0.25) is 0 Å². The molecule has 2 atom stereocenters. The Morgan fingerprint density at radius 2 is 1.67 bits per heavy atom. The quantitative estimate of drug-likeness (QED) is 0.495. The van der Waals surface area contributed by atoms with E-state index in [1.54, 1.807) is 14.0 Å². The molecule has 0 radical (unpaired) electrons. The lowest BCUT2D eigenvalue weighted by Gasteiger charge is -2.39. The minimum absolute atomic E-state index is 0.124. The second kappa shape index (κ2) is 9.85. The third-order valence-corrected chi connectivity index (χ3v) is 4.30. The van der Waals surface area contributed by atoms with E-state index in [9.17, 15) is 14.7 Å². The summed E-state index contributed by atoms with van der Waals surface area (Å²) in [6, 6.07) is 7.47.